The number of benzene rings is 1. The van der Waals surface area contributed by atoms with E-state index in [0.717, 1.165) is 5.56 Å². The highest BCUT2D eigenvalue weighted by atomic mass is 16.5. The highest BCUT2D eigenvalue weighted by Gasteiger charge is 2.19. The summed E-state index contributed by atoms with van der Waals surface area (Å²) in [5.41, 5.74) is 1.01. The minimum Gasteiger partial charge on any atom is -0.369 e. The molecule has 1 aromatic heterocycles. The van der Waals surface area contributed by atoms with Gasteiger partial charge in [-0.1, -0.05) is 49.3 Å². The molecule has 5 nitrogen and oxygen atoms in total. The SMILES string of the molecule is COC(c1ccccc1)c1noc(CNC(C)C)n1. The Hall–Kier alpha value is -1.72. The molecule has 1 atom stereocenters. The molecule has 1 aromatic carbocycles. The second-order valence-electron chi connectivity index (χ2n) is 4.61. The largest absolute Gasteiger partial charge is 0.369 e. The van der Waals surface area contributed by atoms with E-state index in [1.165, 1.54) is 0 Å². The van der Waals surface area contributed by atoms with Crippen molar-refractivity contribution < 1.29 is 9.26 Å². The van der Waals surface area contributed by atoms with E-state index in [1.54, 1.807) is 7.11 Å². The van der Waals surface area contributed by atoms with Crippen molar-refractivity contribution >= 4 is 0 Å². The van der Waals surface area contributed by atoms with Gasteiger partial charge < -0.3 is 14.6 Å². The number of methoxy groups -OCH3 is 1. The van der Waals surface area contributed by atoms with E-state index in [2.05, 4.69) is 29.3 Å². The van der Waals surface area contributed by atoms with Crippen molar-refractivity contribution in [2.75, 3.05) is 7.11 Å². The molecule has 0 saturated heterocycles. The summed E-state index contributed by atoms with van der Waals surface area (Å²) in [5, 5.41) is 7.23. The second kappa shape index (κ2) is 6.45. The average Bonchev–Trinajstić information content (AvgIpc) is 2.87. The molecular weight excluding hydrogens is 242 g/mol. The number of ether oxygens (including phenoxy) is 1. The van der Waals surface area contributed by atoms with E-state index in [9.17, 15) is 0 Å². The summed E-state index contributed by atoms with van der Waals surface area (Å²) in [4.78, 5) is 4.36. The molecule has 0 saturated carbocycles. The first-order valence-corrected chi connectivity index (χ1v) is 6.34. The lowest BCUT2D eigenvalue weighted by molar-refractivity contribution is 0.126. The predicted molar refractivity (Wildman–Crippen MR) is 71.6 cm³/mol. The van der Waals surface area contributed by atoms with Crippen molar-refractivity contribution in [2.45, 2.75) is 32.5 Å². The van der Waals surface area contributed by atoms with E-state index in [4.69, 9.17) is 9.26 Å². The van der Waals surface area contributed by atoms with Crippen molar-refractivity contribution in [1.29, 1.82) is 0 Å². The molecule has 1 heterocycles. The summed E-state index contributed by atoms with van der Waals surface area (Å²) in [6.45, 7) is 4.70. The lowest BCUT2D eigenvalue weighted by atomic mass is 10.1. The van der Waals surface area contributed by atoms with Gasteiger partial charge in [-0.2, -0.15) is 4.98 Å². The van der Waals surface area contributed by atoms with Crippen LogP contribution in [0.5, 0.6) is 0 Å². The van der Waals surface area contributed by atoms with Gasteiger partial charge in [0, 0.05) is 13.2 Å². The fourth-order valence-electron chi connectivity index (χ4n) is 1.76. The molecule has 5 heteroatoms. The van der Waals surface area contributed by atoms with Crippen molar-refractivity contribution in [3.8, 4) is 0 Å². The molecule has 0 aliphatic carbocycles. The smallest absolute Gasteiger partial charge is 0.240 e. The molecule has 1 unspecified atom stereocenters. The number of hydrogen-bond donors (Lipinski definition) is 1. The van der Waals surface area contributed by atoms with Gasteiger partial charge in [0.2, 0.25) is 11.7 Å². The normalized spacial score (nSPS) is 12.8. The Morgan fingerprint density at radius 1 is 1.26 bits per heavy atom. The van der Waals surface area contributed by atoms with Gasteiger partial charge in [-0.15, -0.1) is 0 Å². The third-order valence-electron chi connectivity index (χ3n) is 2.72. The van der Waals surface area contributed by atoms with Crippen LogP contribution < -0.4 is 5.32 Å². The van der Waals surface area contributed by atoms with E-state index in [1.807, 2.05) is 30.3 Å². The zero-order chi connectivity index (χ0) is 13.7. The summed E-state index contributed by atoms with van der Waals surface area (Å²) in [5.74, 6) is 1.12. The molecule has 0 aliphatic heterocycles. The van der Waals surface area contributed by atoms with Gasteiger partial charge in [0.05, 0.1) is 6.54 Å². The van der Waals surface area contributed by atoms with Crippen LogP contribution in [0.4, 0.5) is 0 Å². The summed E-state index contributed by atoms with van der Waals surface area (Å²) < 4.78 is 10.7. The van der Waals surface area contributed by atoms with Crippen LogP contribution in [-0.4, -0.2) is 23.3 Å². The van der Waals surface area contributed by atoms with E-state index >= 15 is 0 Å². The maximum atomic E-state index is 5.46. The van der Waals surface area contributed by atoms with Crippen LogP contribution in [0.1, 0.15) is 37.2 Å². The molecule has 0 aliphatic rings. The van der Waals surface area contributed by atoms with Gasteiger partial charge in [0.15, 0.2) is 0 Å². The molecule has 0 amide bonds. The first kappa shape index (κ1) is 13.7. The Labute approximate surface area is 113 Å². The van der Waals surface area contributed by atoms with Gasteiger partial charge in [0.1, 0.15) is 6.10 Å². The first-order chi connectivity index (χ1) is 9.20. The standard InChI is InChI=1S/C14H19N3O2/c1-10(2)15-9-12-16-14(17-19-12)13(18-3)11-7-5-4-6-8-11/h4-8,10,13,15H,9H2,1-3H3. The number of rotatable bonds is 6. The fourth-order valence-corrected chi connectivity index (χ4v) is 1.76. The lowest BCUT2D eigenvalue weighted by Crippen LogP contribution is -2.22. The van der Waals surface area contributed by atoms with Crippen LogP contribution in [-0.2, 0) is 11.3 Å². The Morgan fingerprint density at radius 2 is 2.00 bits per heavy atom. The molecular formula is C14H19N3O2. The van der Waals surface area contributed by atoms with Crippen LogP contribution >= 0.6 is 0 Å². The third kappa shape index (κ3) is 3.62. The Balaban J connectivity index is 2.12. The molecule has 1 N–H and O–H groups in total. The van der Waals surface area contributed by atoms with Gasteiger partial charge in [-0.25, -0.2) is 0 Å². The third-order valence-corrected chi connectivity index (χ3v) is 2.72. The highest BCUT2D eigenvalue weighted by Crippen LogP contribution is 2.22. The highest BCUT2D eigenvalue weighted by molar-refractivity contribution is 5.22. The lowest BCUT2D eigenvalue weighted by Gasteiger charge is -2.10. The van der Waals surface area contributed by atoms with Crippen molar-refractivity contribution in [1.82, 2.24) is 15.5 Å². The zero-order valence-corrected chi connectivity index (χ0v) is 11.5. The molecule has 0 radical (unpaired) electrons. The first-order valence-electron chi connectivity index (χ1n) is 6.34. The molecule has 19 heavy (non-hydrogen) atoms. The number of aromatic nitrogens is 2. The number of nitrogens with one attached hydrogen (secondary N) is 1. The van der Waals surface area contributed by atoms with Crippen LogP contribution in [0.25, 0.3) is 0 Å². The Kier molecular flexibility index (Phi) is 4.65. The average molecular weight is 261 g/mol. The molecule has 0 spiro atoms. The topological polar surface area (TPSA) is 60.2 Å². The Bertz CT molecular complexity index is 496. The van der Waals surface area contributed by atoms with Crippen molar-refractivity contribution in [3.05, 3.63) is 47.6 Å². The number of hydrogen-bond acceptors (Lipinski definition) is 5. The van der Waals surface area contributed by atoms with Gasteiger partial charge in [0.25, 0.3) is 0 Å². The van der Waals surface area contributed by atoms with Crippen molar-refractivity contribution in [2.24, 2.45) is 0 Å². The fraction of sp³-hybridized carbons (Fsp3) is 0.429. The van der Waals surface area contributed by atoms with Crippen LogP contribution in [0.2, 0.25) is 0 Å². The van der Waals surface area contributed by atoms with Gasteiger partial charge in [-0.05, 0) is 5.56 Å². The summed E-state index contributed by atoms with van der Waals surface area (Å²) in [7, 11) is 1.64. The van der Waals surface area contributed by atoms with E-state index in [0.29, 0.717) is 24.3 Å². The molecule has 0 bridgehead atoms. The molecule has 2 rings (SSSR count). The molecule has 2 aromatic rings. The zero-order valence-electron chi connectivity index (χ0n) is 11.5. The summed E-state index contributed by atoms with van der Waals surface area (Å²) >= 11 is 0. The van der Waals surface area contributed by atoms with Crippen molar-refractivity contribution in [3.63, 3.8) is 0 Å². The summed E-state index contributed by atoms with van der Waals surface area (Å²) in [6.07, 6.45) is -0.294. The van der Waals surface area contributed by atoms with Crippen LogP contribution in [0.3, 0.4) is 0 Å². The minimum atomic E-state index is -0.294. The number of nitrogens with zero attached hydrogens (tertiary/aromatic N) is 2. The molecule has 0 fully saturated rings. The second-order valence-corrected chi connectivity index (χ2v) is 4.61. The monoisotopic (exact) mass is 261 g/mol. The van der Waals surface area contributed by atoms with Crippen LogP contribution in [0.15, 0.2) is 34.9 Å². The molecule has 102 valence electrons. The quantitative estimate of drug-likeness (QED) is 0.864. The van der Waals surface area contributed by atoms with Gasteiger partial charge in [-0.3, -0.25) is 0 Å². The van der Waals surface area contributed by atoms with E-state index < -0.39 is 0 Å². The maximum absolute atomic E-state index is 5.46. The summed E-state index contributed by atoms with van der Waals surface area (Å²) in [6, 6.07) is 10.2. The predicted octanol–water partition coefficient (Wildman–Crippen LogP) is 2.30. The Morgan fingerprint density at radius 3 is 2.63 bits per heavy atom. The van der Waals surface area contributed by atoms with E-state index in [-0.39, 0.29) is 6.10 Å². The maximum Gasteiger partial charge on any atom is 0.240 e. The minimum absolute atomic E-state index is 0.294. The van der Waals surface area contributed by atoms with Crippen LogP contribution in [0, 0.1) is 0 Å². The van der Waals surface area contributed by atoms with Gasteiger partial charge >= 0.3 is 0 Å².